The number of carbonyl (C=O) groups excluding carboxylic acids is 3. The molecule has 0 N–H and O–H groups in total. The van der Waals surface area contributed by atoms with E-state index in [0.29, 0.717) is 23.4 Å². The topological polar surface area (TPSA) is 81.5 Å². The van der Waals surface area contributed by atoms with E-state index in [9.17, 15) is 14.4 Å². The molecule has 29 heavy (non-hydrogen) atoms. The summed E-state index contributed by atoms with van der Waals surface area (Å²) in [4.78, 5) is 38.2. The number of benzene rings is 2. The van der Waals surface area contributed by atoms with E-state index in [1.54, 1.807) is 31.2 Å². The molecule has 0 saturated carbocycles. The summed E-state index contributed by atoms with van der Waals surface area (Å²) >= 11 is 6.35. The number of amides is 2. The number of fused-ring (bicyclic) bond motifs is 1. The van der Waals surface area contributed by atoms with Crippen LogP contribution in [0.1, 0.15) is 42.3 Å². The molecule has 7 nitrogen and oxygen atoms in total. The lowest BCUT2D eigenvalue weighted by atomic mass is 10.1. The Bertz CT molecular complexity index is 1090. The van der Waals surface area contributed by atoms with Gasteiger partial charge in [0.15, 0.2) is 6.73 Å². The van der Waals surface area contributed by atoms with Gasteiger partial charge in [-0.2, -0.15) is 5.10 Å². The number of aryl methyl sites for hydroxylation is 1. The summed E-state index contributed by atoms with van der Waals surface area (Å²) in [5.74, 6) is -1.75. The third kappa shape index (κ3) is 3.40. The molecule has 0 fully saturated rings. The zero-order valence-corrected chi connectivity index (χ0v) is 16.2. The van der Waals surface area contributed by atoms with Crippen LogP contribution in [0, 0.1) is 6.92 Å². The highest BCUT2D eigenvalue weighted by atomic mass is 35.5. The van der Waals surface area contributed by atoms with E-state index >= 15 is 0 Å². The van der Waals surface area contributed by atoms with Crippen LogP contribution in [0.25, 0.3) is 0 Å². The third-order valence-corrected chi connectivity index (χ3v) is 5.03. The number of ether oxygens (including phenoxy) is 1. The number of rotatable bonds is 5. The molecule has 2 heterocycles. The number of halogens is 1. The minimum absolute atomic E-state index is 0.110. The van der Waals surface area contributed by atoms with Gasteiger partial charge in [-0.3, -0.25) is 9.59 Å². The number of carbonyl (C=O) groups is 3. The summed E-state index contributed by atoms with van der Waals surface area (Å²) in [7, 11) is 0. The Kier molecular flexibility index (Phi) is 4.90. The average molecular weight is 410 g/mol. The monoisotopic (exact) mass is 409 g/mol. The molecule has 1 aliphatic heterocycles. The fourth-order valence-corrected chi connectivity index (χ4v) is 3.51. The Balaban J connectivity index is 1.48. The van der Waals surface area contributed by atoms with Gasteiger partial charge in [0.25, 0.3) is 11.8 Å². The lowest BCUT2D eigenvalue weighted by Crippen LogP contribution is -2.33. The van der Waals surface area contributed by atoms with Crippen LogP contribution in [0.5, 0.6) is 0 Å². The van der Waals surface area contributed by atoms with E-state index in [0.717, 1.165) is 10.5 Å². The molecule has 0 bridgehead atoms. The maximum atomic E-state index is 12.6. The lowest BCUT2D eigenvalue weighted by Gasteiger charge is -2.13. The zero-order valence-electron chi connectivity index (χ0n) is 15.5. The lowest BCUT2D eigenvalue weighted by molar-refractivity contribution is 0.0228. The third-order valence-electron chi connectivity index (χ3n) is 4.65. The second-order valence-corrected chi connectivity index (χ2v) is 6.90. The van der Waals surface area contributed by atoms with Crippen molar-refractivity contribution in [3.8, 4) is 0 Å². The van der Waals surface area contributed by atoms with Crippen LogP contribution in [0.2, 0.25) is 5.15 Å². The predicted octanol–water partition coefficient (Wildman–Crippen LogP) is 3.30. The smallest absolute Gasteiger partial charge is 0.344 e. The van der Waals surface area contributed by atoms with Crippen molar-refractivity contribution in [3.05, 3.63) is 87.7 Å². The molecular formula is C21H16ClN3O4. The average Bonchev–Trinajstić information content (AvgIpc) is 3.14. The minimum Gasteiger partial charge on any atom is -0.440 e. The Morgan fingerprint density at radius 3 is 2.21 bits per heavy atom. The predicted molar refractivity (Wildman–Crippen MR) is 105 cm³/mol. The van der Waals surface area contributed by atoms with Gasteiger partial charge in [-0.05, 0) is 24.6 Å². The standard InChI is InChI=1S/C21H16ClN3O4/c1-13-17(18(22)25(23-13)11-14-7-3-2-4-8-14)21(28)29-12-24-19(26)15-9-5-6-10-16(15)20(24)27/h2-10H,11-12H2,1H3. The van der Waals surface area contributed by atoms with E-state index in [1.165, 1.54) is 4.68 Å². The van der Waals surface area contributed by atoms with Crippen molar-refractivity contribution in [2.45, 2.75) is 13.5 Å². The Morgan fingerprint density at radius 1 is 1.00 bits per heavy atom. The molecule has 4 rings (SSSR count). The highest BCUT2D eigenvalue weighted by molar-refractivity contribution is 6.32. The summed E-state index contributed by atoms with van der Waals surface area (Å²) in [5, 5.41) is 4.44. The normalized spacial score (nSPS) is 13.0. The first-order valence-electron chi connectivity index (χ1n) is 8.86. The van der Waals surface area contributed by atoms with Crippen LogP contribution in [-0.4, -0.2) is 39.2 Å². The Morgan fingerprint density at radius 2 is 1.59 bits per heavy atom. The molecule has 8 heteroatoms. The maximum Gasteiger partial charge on any atom is 0.344 e. The summed E-state index contributed by atoms with van der Waals surface area (Å²) in [5.41, 5.74) is 2.07. The van der Waals surface area contributed by atoms with Crippen molar-refractivity contribution in [2.75, 3.05) is 6.73 Å². The van der Waals surface area contributed by atoms with E-state index < -0.39 is 24.5 Å². The van der Waals surface area contributed by atoms with Crippen LogP contribution < -0.4 is 0 Å². The van der Waals surface area contributed by atoms with Gasteiger partial charge in [-0.25, -0.2) is 14.4 Å². The molecule has 0 unspecified atom stereocenters. The van der Waals surface area contributed by atoms with Crippen LogP contribution in [-0.2, 0) is 11.3 Å². The van der Waals surface area contributed by atoms with Gasteiger partial charge in [0.2, 0.25) is 0 Å². The maximum absolute atomic E-state index is 12.6. The van der Waals surface area contributed by atoms with E-state index in [1.807, 2.05) is 30.3 Å². The molecule has 0 saturated heterocycles. The molecule has 146 valence electrons. The van der Waals surface area contributed by atoms with Crippen LogP contribution in [0.4, 0.5) is 0 Å². The quantitative estimate of drug-likeness (QED) is 0.477. The first kappa shape index (κ1) is 18.9. The number of hydrogen-bond acceptors (Lipinski definition) is 5. The van der Waals surface area contributed by atoms with Gasteiger partial charge in [0, 0.05) is 0 Å². The largest absolute Gasteiger partial charge is 0.440 e. The number of hydrogen-bond donors (Lipinski definition) is 0. The highest BCUT2D eigenvalue weighted by Gasteiger charge is 2.36. The second-order valence-electron chi connectivity index (χ2n) is 6.54. The summed E-state index contributed by atoms with van der Waals surface area (Å²) in [6.07, 6.45) is 0. The number of nitrogens with zero attached hydrogens (tertiary/aromatic N) is 3. The van der Waals surface area contributed by atoms with E-state index in [2.05, 4.69) is 5.10 Å². The van der Waals surface area contributed by atoms with Gasteiger partial charge in [-0.15, -0.1) is 0 Å². The molecule has 0 atom stereocenters. The Hall–Kier alpha value is -3.45. The van der Waals surface area contributed by atoms with Crippen molar-refractivity contribution < 1.29 is 19.1 Å². The van der Waals surface area contributed by atoms with Crippen molar-refractivity contribution >= 4 is 29.4 Å². The molecule has 0 aliphatic carbocycles. The van der Waals surface area contributed by atoms with E-state index in [-0.39, 0.29) is 10.7 Å². The van der Waals surface area contributed by atoms with Crippen LogP contribution in [0.3, 0.4) is 0 Å². The molecule has 0 spiro atoms. The number of esters is 1. The van der Waals surface area contributed by atoms with Gasteiger partial charge in [0.1, 0.15) is 10.7 Å². The minimum atomic E-state index is -0.747. The van der Waals surface area contributed by atoms with Crippen molar-refractivity contribution in [2.24, 2.45) is 0 Å². The second kappa shape index (κ2) is 7.52. The van der Waals surface area contributed by atoms with Crippen LogP contribution in [0.15, 0.2) is 54.6 Å². The summed E-state index contributed by atoms with van der Waals surface area (Å²) in [6, 6.07) is 16.0. The molecule has 0 radical (unpaired) electrons. The summed E-state index contributed by atoms with van der Waals surface area (Å²) < 4.78 is 6.72. The molecule has 2 aromatic carbocycles. The molecule has 1 aliphatic rings. The highest BCUT2D eigenvalue weighted by Crippen LogP contribution is 2.24. The van der Waals surface area contributed by atoms with Gasteiger partial charge in [0.05, 0.1) is 23.4 Å². The van der Waals surface area contributed by atoms with Gasteiger partial charge >= 0.3 is 5.97 Å². The van der Waals surface area contributed by atoms with Crippen molar-refractivity contribution in [1.29, 1.82) is 0 Å². The SMILES string of the molecule is Cc1nn(Cc2ccccc2)c(Cl)c1C(=O)OCN1C(=O)c2ccccc2C1=O. The zero-order chi connectivity index (χ0) is 20.5. The fraction of sp³-hybridized carbons (Fsp3) is 0.143. The first-order chi connectivity index (χ1) is 14.0. The van der Waals surface area contributed by atoms with Crippen LogP contribution >= 0.6 is 11.6 Å². The first-order valence-corrected chi connectivity index (χ1v) is 9.24. The molecule has 1 aromatic heterocycles. The fourth-order valence-electron chi connectivity index (χ4n) is 3.20. The summed E-state index contributed by atoms with van der Waals surface area (Å²) in [6.45, 7) is 1.54. The van der Waals surface area contributed by atoms with Crippen molar-refractivity contribution in [3.63, 3.8) is 0 Å². The van der Waals surface area contributed by atoms with Gasteiger partial charge in [-0.1, -0.05) is 54.1 Å². The van der Waals surface area contributed by atoms with Crippen molar-refractivity contribution in [1.82, 2.24) is 14.7 Å². The number of aromatic nitrogens is 2. The number of imide groups is 1. The molecular weight excluding hydrogens is 394 g/mol. The Labute approximate surface area is 171 Å². The van der Waals surface area contributed by atoms with E-state index in [4.69, 9.17) is 16.3 Å². The van der Waals surface area contributed by atoms with Gasteiger partial charge < -0.3 is 4.74 Å². The molecule has 3 aromatic rings. The molecule has 2 amide bonds.